The van der Waals surface area contributed by atoms with Crippen LogP contribution in [0.25, 0.3) is 5.78 Å². The van der Waals surface area contributed by atoms with Gasteiger partial charge in [0.25, 0.3) is 11.3 Å². The molecule has 2 fully saturated rings. The molecule has 2 aliphatic heterocycles. The van der Waals surface area contributed by atoms with Gasteiger partial charge in [-0.3, -0.25) is 9.89 Å². The monoisotopic (exact) mass is 449 g/mol. The molecule has 176 valence electrons. The number of hydrogen-bond donors (Lipinski definition) is 1. The van der Waals surface area contributed by atoms with Gasteiger partial charge in [0.2, 0.25) is 5.95 Å². The number of nitrogens with zero attached hydrogens (tertiary/aromatic N) is 6. The van der Waals surface area contributed by atoms with Crippen molar-refractivity contribution in [2.75, 3.05) is 49.1 Å². The number of hydrogen-bond acceptors (Lipinski definition) is 7. The average Bonchev–Trinajstić information content (AvgIpc) is 3.17. The van der Waals surface area contributed by atoms with Crippen LogP contribution in [0, 0.1) is 0 Å². The van der Waals surface area contributed by atoms with Gasteiger partial charge in [-0.15, -0.1) is 0 Å². The second kappa shape index (κ2) is 8.59. The summed E-state index contributed by atoms with van der Waals surface area (Å²) < 4.78 is 20.6. The van der Waals surface area contributed by atoms with Gasteiger partial charge < -0.3 is 19.4 Å². The molecule has 2 saturated heterocycles. The minimum Gasteiger partial charge on any atom is -0.444 e. The van der Waals surface area contributed by atoms with E-state index in [0.29, 0.717) is 68.7 Å². The van der Waals surface area contributed by atoms with E-state index in [1.54, 1.807) is 4.90 Å². The first kappa shape index (κ1) is 22.3. The Morgan fingerprint density at radius 3 is 2.50 bits per heavy atom. The van der Waals surface area contributed by atoms with E-state index in [4.69, 9.17) is 4.74 Å². The molecular formula is C21H32FN7O3. The van der Waals surface area contributed by atoms with Crippen LogP contribution in [0.1, 0.15) is 46.2 Å². The Morgan fingerprint density at radius 2 is 1.88 bits per heavy atom. The van der Waals surface area contributed by atoms with Gasteiger partial charge in [-0.1, -0.05) is 6.92 Å². The Bertz CT molecular complexity index is 1040. The molecule has 0 radical (unpaired) electrons. The summed E-state index contributed by atoms with van der Waals surface area (Å²) in [7, 11) is 0. The first-order valence-electron chi connectivity index (χ1n) is 11.3. The van der Waals surface area contributed by atoms with E-state index in [2.05, 4.69) is 15.1 Å². The van der Waals surface area contributed by atoms with Crippen LogP contribution in [0.4, 0.5) is 20.8 Å². The number of piperidine rings is 1. The Balaban J connectivity index is 1.57. The number of amides is 1. The van der Waals surface area contributed by atoms with Gasteiger partial charge in [0.05, 0.1) is 12.2 Å². The number of halogens is 1. The van der Waals surface area contributed by atoms with Crippen LogP contribution in [0.2, 0.25) is 0 Å². The molecule has 0 bridgehead atoms. The highest BCUT2D eigenvalue weighted by Crippen LogP contribution is 2.22. The number of alkyl halides is 1. The first-order valence-corrected chi connectivity index (χ1v) is 11.3. The van der Waals surface area contributed by atoms with Crippen LogP contribution >= 0.6 is 0 Å². The molecule has 1 N–H and O–H groups in total. The van der Waals surface area contributed by atoms with E-state index in [1.807, 2.05) is 37.5 Å². The first-order chi connectivity index (χ1) is 15.2. The minimum atomic E-state index is -0.898. The predicted octanol–water partition coefficient (Wildman–Crippen LogP) is 1.98. The quantitative estimate of drug-likeness (QED) is 0.765. The number of ether oxygens (including phenoxy) is 1. The molecule has 1 amide bonds. The smallest absolute Gasteiger partial charge is 0.410 e. The van der Waals surface area contributed by atoms with Crippen LogP contribution < -0.4 is 15.4 Å². The highest BCUT2D eigenvalue weighted by Gasteiger charge is 2.29. The second-order valence-corrected chi connectivity index (χ2v) is 9.39. The molecule has 0 aromatic carbocycles. The highest BCUT2D eigenvalue weighted by molar-refractivity contribution is 5.68. The number of carbonyl (C=O) groups is 1. The summed E-state index contributed by atoms with van der Waals surface area (Å²) in [5.74, 6) is 0.755. The molecule has 0 saturated carbocycles. The lowest BCUT2D eigenvalue weighted by Crippen LogP contribution is -2.51. The number of aryl methyl sites for hydroxylation is 1. The van der Waals surface area contributed by atoms with Crippen LogP contribution in [-0.2, 0) is 11.2 Å². The summed E-state index contributed by atoms with van der Waals surface area (Å²) in [5.41, 5.74) is 0.406. The van der Waals surface area contributed by atoms with Crippen molar-refractivity contribution >= 4 is 23.5 Å². The van der Waals surface area contributed by atoms with Gasteiger partial charge in [-0.05, 0) is 40.0 Å². The van der Waals surface area contributed by atoms with Gasteiger partial charge in [0.15, 0.2) is 0 Å². The second-order valence-electron chi connectivity index (χ2n) is 9.39. The Hall–Kier alpha value is -2.85. The molecule has 0 spiro atoms. The molecule has 2 aromatic rings. The molecule has 0 aliphatic carbocycles. The maximum atomic E-state index is 13.8. The van der Waals surface area contributed by atoms with Crippen molar-refractivity contribution in [3.05, 3.63) is 16.0 Å². The summed E-state index contributed by atoms with van der Waals surface area (Å²) in [4.78, 5) is 40.3. The summed E-state index contributed by atoms with van der Waals surface area (Å²) in [6.07, 6.45) is 0.627. The number of carbonyl (C=O) groups excluding carboxylic acids is 1. The number of aromatic nitrogens is 4. The predicted molar refractivity (Wildman–Crippen MR) is 119 cm³/mol. The van der Waals surface area contributed by atoms with Crippen molar-refractivity contribution in [2.45, 2.75) is 58.7 Å². The number of aromatic amines is 1. The summed E-state index contributed by atoms with van der Waals surface area (Å²) in [5, 5.41) is 3.02. The molecule has 2 aliphatic rings. The average molecular weight is 450 g/mol. The van der Waals surface area contributed by atoms with Crippen molar-refractivity contribution in [2.24, 2.45) is 0 Å². The third-order valence-corrected chi connectivity index (χ3v) is 5.78. The van der Waals surface area contributed by atoms with Crippen molar-refractivity contribution in [1.29, 1.82) is 0 Å². The molecular weight excluding hydrogens is 417 g/mol. The maximum absolute atomic E-state index is 13.8. The third-order valence-electron chi connectivity index (χ3n) is 5.78. The van der Waals surface area contributed by atoms with Gasteiger partial charge >= 0.3 is 6.09 Å². The number of rotatable bonds is 3. The van der Waals surface area contributed by atoms with Crippen molar-refractivity contribution in [1.82, 2.24) is 24.5 Å². The molecule has 2 aromatic heterocycles. The molecule has 4 heterocycles. The molecule has 10 nitrogen and oxygen atoms in total. The lowest BCUT2D eigenvalue weighted by molar-refractivity contribution is 0.0240. The molecule has 0 unspecified atom stereocenters. The van der Waals surface area contributed by atoms with Crippen LogP contribution in [0.3, 0.4) is 0 Å². The number of H-pyrrole nitrogens is 1. The Labute approximate surface area is 186 Å². The molecule has 1 atom stereocenters. The largest absolute Gasteiger partial charge is 0.444 e. The summed E-state index contributed by atoms with van der Waals surface area (Å²) >= 11 is 0. The van der Waals surface area contributed by atoms with E-state index in [9.17, 15) is 14.0 Å². The van der Waals surface area contributed by atoms with Gasteiger partial charge in [0.1, 0.15) is 17.5 Å². The van der Waals surface area contributed by atoms with E-state index < -0.39 is 11.8 Å². The van der Waals surface area contributed by atoms with Crippen LogP contribution in [0.5, 0.6) is 0 Å². The molecule has 32 heavy (non-hydrogen) atoms. The van der Waals surface area contributed by atoms with Gasteiger partial charge in [-0.2, -0.15) is 9.50 Å². The number of piperazine rings is 1. The Kier molecular flexibility index (Phi) is 6.00. The molecule has 4 rings (SSSR count). The lowest BCUT2D eigenvalue weighted by Gasteiger charge is -2.36. The highest BCUT2D eigenvalue weighted by atomic mass is 19.1. The molecule has 11 heteroatoms. The van der Waals surface area contributed by atoms with E-state index in [1.165, 1.54) is 4.52 Å². The SMILES string of the molecule is CCc1nc2nc(N3CCC[C@@H](F)C3)[nH]n2c(=O)c1N1CCN(C(=O)OC(C)(C)C)CC1. The Morgan fingerprint density at radius 1 is 1.16 bits per heavy atom. The third kappa shape index (κ3) is 4.51. The zero-order valence-electron chi connectivity index (χ0n) is 19.2. The van der Waals surface area contributed by atoms with Crippen molar-refractivity contribution < 1.29 is 13.9 Å². The fourth-order valence-corrected chi connectivity index (χ4v) is 4.20. The van der Waals surface area contributed by atoms with Crippen LogP contribution in [0.15, 0.2) is 4.79 Å². The lowest BCUT2D eigenvalue weighted by atomic mass is 10.1. The standard InChI is InChI=1S/C21H32FN7O3/c1-5-15-16(26-9-11-27(12-10-26)20(31)32-21(2,3)4)17(30)29-18(23-15)24-19(25-29)28-8-6-7-14(22)13-28/h14H,5-13H2,1-4H3,(H,23,24,25)/t14-/m1/s1. The van der Waals surface area contributed by atoms with E-state index >= 15 is 0 Å². The van der Waals surface area contributed by atoms with E-state index in [-0.39, 0.29) is 18.2 Å². The maximum Gasteiger partial charge on any atom is 0.410 e. The van der Waals surface area contributed by atoms with Gasteiger partial charge in [0, 0.05) is 32.7 Å². The van der Waals surface area contributed by atoms with Gasteiger partial charge in [-0.25, -0.2) is 14.2 Å². The zero-order valence-corrected chi connectivity index (χ0v) is 19.2. The van der Waals surface area contributed by atoms with E-state index in [0.717, 1.165) is 6.42 Å². The summed E-state index contributed by atoms with van der Waals surface area (Å²) in [6.45, 7) is 10.3. The zero-order chi connectivity index (χ0) is 23.0. The fourth-order valence-electron chi connectivity index (χ4n) is 4.20. The fraction of sp³-hybridized carbons (Fsp3) is 0.714. The van der Waals surface area contributed by atoms with Crippen LogP contribution in [-0.4, -0.2) is 81.6 Å². The van der Waals surface area contributed by atoms with Crippen molar-refractivity contribution in [3.8, 4) is 0 Å². The normalized spacial score (nSPS) is 20.2. The summed E-state index contributed by atoms with van der Waals surface area (Å²) in [6, 6.07) is 0. The van der Waals surface area contributed by atoms with Crippen molar-refractivity contribution in [3.63, 3.8) is 0 Å². The number of fused-ring (bicyclic) bond motifs is 1. The number of anilines is 2. The minimum absolute atomic E-state index is 0.231. The topological polar surface area (TPSA) is 99.1 Å². The number of nitrogens with one attached hydrogen (secondary N) is 1.